The van der Waals surface area contributed by atoms with Crippen molar-refractivity contribution in [1.82, 2.24) is 0 Å². The third-order valence-corrected chi connectivity index (χ3v) is 3.37. The van der Waals surface area contributed by atoms with Crippen molar-refractivity contribution in [2.75, 3.05) is 11.4 Å². The van der Waals surface area contributed by atoms with Gasteiger partial charge in [-0.15, -0.1) is 0 Å². The van der Waals surface area contributed by atoms with Crippen LogP contribution in [-0.2, 0) is 9.59 Å². The molecule has 1 aliphatic carbocycles. The van der Waals surface area contributed by atoms with Crippen LogP contribution in [0.25, 0.3) is 0 Å². The SMILES string of the molecule is O=C(O)CN(C(=O)C1CCC1)c1cccc(Cl)c1. The van der Waals surface area contributed by atoms with Crippen molar-refractivity contribution >= 4 is 29.2 Å². The molecule has 1 amide bonds. The molecular weight excluding hydrogens is 254 g/mol. The Bertz CT molecular complexity index is 471. The molecule has 18 heavy (non-hydrogen) atoms. The van der Waals surface area contributed by atoms with Crippen LogP contribution in [0.3, 0.4) is 0 Å². The second kappa shape index (κ2) is 5.40. The Morgan fingerprint density at radius 1 is 1.39 bits per heavy atom. The Morgan fingerprint density at radius 3 is 2.61 bits per heavy atom. The zero-order chi connectivity index (χ0) is 13.1. The van der Waals surface area contributed by atoms with Crippen LogP contribution in [0.1, 0.15) is 19.3 Å². The number of rotatable bonds is 4. The van der Waals surface area contributed by atoms with E-state index in [4.69, 9.17) is 16.7 Å². The molecule has 4 nitrogen and oxygen atoms in total. The van der Waals surface area contributed by atoms with Crippen LogP contribution in [-0.4, -0.2) is 23.5 Å². The smallest absolute Gasteiger partial charge is 0.323 e. The number of carbonyl (C=O) groups excluding carboxylic acids is 1. The van der Waals surface area contributed by atoms with Crippen molar-refractivity contribution in [3.05, 3.63) is 29.3 Å². The second-order valence-electron chi connectivity index (χ2n) is 4.43. The minimum atomic E-state index is -1.03. The zero-order valence-electron chi connectivity index (χ0n) is 9.80. The van der Waals surface area contributed by atoms with E-state index in [9.17, 15) is 9.59 Å². The summed E-state index contributed by atoms with van der Waals surface area (Å²) in [4.78, 5) is 24.4. The standard InChI is InChI=1S/C13H14ClNO3/c14-10-5-2-6-11(7-10)15(8-12(16)17)13(18)9-3-1-4-9/h2,5-7,9H,1,3-4,8H2,(H,16,17). The lowest BCUT2D eigenvalue weighted by molar-refractivity contribution is -0.137. The van der Waals surface area contributed by atoms with Crippen LogP contribution in [0.5, 0.6) is 0 Å². The molecule has 0 saturated heterocycles. The summed E-state index contributed by atoms with van der Waals surface area (Å²) in [6.45, 7) is -0.324. The van der Waals surface area contributed by atoms with Gasteiger partial charge in [0.05, 0.1) is 0 Å². The van der Waals surface area contributed by atoms with Gasteiger partial charge < -0.3 is 10.0 Å². The van der Waals surface area contributed by atoms with E-state index >= 15 is 0 Å². The molecule has 2 rings (SSSR count). The number of amides is 1. The normalized spacial score (nSPS) is 14.9. The maximum Gasteiger partial charge on any atom is 0.323 e. The van der Waals surface area contributed by atoms with Gasteiger partial charge in [0, 0.05) is 16.6 Å². The molecule has 1 saturated carbocycles. The molecule has 1 aromatic carbocycles. The van der Waals surface area contributed by atoms with E-state index in [-0.39, 0.29) is 18.4 Å². The van der Waals surface area contributed by atoms with E-state index < -0.39 is 5.97 Å². The van der Waals surface area contributed by atoms with Crippen LogP contribution in [0.2, 0.25) is 5.02 Å². The average molecular weight is 268 g/mol. The molecule has 0 spiro atoms. The van der Waals surface area contributed by atoms with Gasteiger partial charge in [-0.05, 0) is 31.0 Å². The van der Waals surface area contributed by atoms with Gasteiger partial charge in [0.2, 0.25) is 5.91 Å². The largest absolute Gasteiger partial charge is 0.480 e. The lowest BCUT2D eigenvalue weighted by Gasteiger charge is -2.30. The number of halogens is 1. The van der Waals surface area contributed by atoms with Crippen molar-refractivity contribution in [3.63, 3.8) is 0 Å². The molecule has 1 N–H and O–H groups in total. The summed E-state index contributed by atoms with van der Waals surface area (Å²) in [5.41, 5.74) is 0.543. The Kier molecular flexibility index (Phi) is 3.87. The quantitative estimate of drug-likeness (QED) is 0.912. The van der Waals surface area contributed by atoms with Crippen LogP contribution >= 0.6 is 11.6 Å². The number of carbonyl (C=O) groups is 2. The van der Waals surface area contributed by atoms with Crippen LogP contribution in [0, 0.1) is 5.92 Å². The van der Waals surface area contributed by atoms with Gasteiger partial charge in [0.1, 0.15) is 6.54 Å². The van der Waals surface area contributed by atoms with Crippen molar-refractivity contribution in [2.45, 2.75) is 19.3 Å². The number of aliphatic carboxylic acids is 1. The number of carboxylic acid groups (broad SMARTS) is 1. The predicted molar refractivity (Wildman–Crippen MR) is 68.8 cm³/mol. The first-order chi connectivity index (χ1) is 8.58. The van der Waals surface area contributed by atoms with Crippen molar-refractivity contribution < 1.29 is 14.7 Å². The maximum atomic E-state index is 12.2. The Labute approximate surface area is 110 Å². The Morgan fingerprint density at radius 2 is 2.11 bits per heavy atom. The van der Waals surface area contributed by atoms with Crippen molar-refractivity contribution in [1.29, 1.82) is 0 Å². The molecule has 0 atom stereocenters. The Balaban J connectivity index is 2.23. The van der Waals surface area contributed by atoms with Crippen LogP contribution in [0.15, 0.2) is 24.3 Å². The molecule has 0 aliphatic heterocycles. The van der Waals surface area contributed by atoms with Crippen molar-refractivity contribution in [3.8, 4) is 0 Å². The third-order valence-electron chi connectivity index (χ3n) is 3.13. The van der Waals surface area contributed by atoms with E-state index in [1.807, 2.05) is 0 Å². The van der Waals surface area contributed by atoms with Gasteiger partial charge >= 0.3 is 5.97 Å². The minimum Gasteiger partial charge on any atom is -0.480 e. The fourth-order valence-electron chi connectivity index (χ4n) is 1.95. The summed E-state index contributed by atoms with van der Waals surface area (Å²) in [7, 11) is 0. The minimum absolute atomic E-state index is 0.0386. The topological polar surface area (TPSA) is 57.6 Å². The van der Waals surface area contributed by atoms with Gasteiger partial charge in [-0.1, -0.05) is 24.1 Å². The van der Waals surface area contributed by atoms with Gasteiger partial charge in [-0.3, -0.25) is 9.59 Å². The van der Waals surface area contributed by atoms with Crippen LogP contribution < -0.4 is 4.90 Å². The summed E-state index contributed by atoms with van der Waals surface area (Å²) < 4.78 is 0. The number of nitrogens with zero attached hydrogens (tertiary/aromatic N) is 1. The molecule has 1 aromatic rings. The molecule has 0 unspecified atom stereocenters. The molecule has 1 aliphatic rings. The van der Waals surface area contributed by atoms with Crippen molar-refractivity contribution in [2.24, 2.45) is 5.92 Å². The first-order valence-electron chi connectivity index (χ1n) is 5.86. The number of hydrogen-bond acceptors (Lipinski definition) is 2. The summed E-state index contributed by atoms with van der Waals surface area (Å²) in [6.07, 6.45) is 2.72. The summed E-state index contributed by atoms with van der Waals surface area (Å²) in [5, 5.41) is 9.40. The van der Waals surface area contributed by atoms with Crippen LogP contribution in [0.4, 0.5) is 5.69 Å². The second-order valence-corrected chi connectivity index (χ2v) is 4.86. The molecule has 5 heteroatoms. The monoisotopic (exact) mass is 267 g/mol. The first-order valence-corrected chi connectivity index (χ1v) is 6.24. The fourth-order valence-corrected chi connectivity index (χ4v) is 2.14. The highest BCUT2D eigenvalue weighted by Gasteiger charge is 2.31. The maximum absolute atomic E-state index is 12.2. The number of carboxylic acids is 1. The zero-order valence-corrected chi connectivity index (χ0v) is 10.6. The van der Waals surface area contributed by atoms with E-state index in [2.05, 4.69) is 0 Å². The number of benzene rings is 1. The average Bonchev–Trinajstić information content (AvgIpc) is 2.23. The van der Waals surface area contributed by atoms with E-state index in [1.165, 1.54) is 4.90 Å². The lowest BCUT2D eigenvalue weighted by Crippen LogP contribution is -2.41. The van der Waals surface area contributed by atoms with Gasteiger partial charge in [-0.25, -0.2) is 0 Å². The fraction of sp³-hybridized carbons (Fsp3) is 0.385. The molecule has 0 aromatic heterocycles. The molecule has 1 fully saturated rings. The highest BCUT2D eigenvalue weighted by molar-refractivity contribution is 6.31. The van der Waals surface area contributed by atoms with Gasteiger partial charge in [0.15, 0.2) is 0 Å². The highest BCUT2D eigenvalue weighted by atomic mass is 35.5. The molecule has 0 bridgehead atoms. The summed E-state index contributed by atoms with van der Waals surface area (Å²) in [5.74, 6) is -1.18. The van der Waals surface area contributed by atoms with E-state index in [0.717, 1.165) is 19.3 Å². The predicted octanol–water partition coefficient (Wildman–Crippen LogP) is 2.56. The molecular formula is C13H14ClNO3. The lowest BCUT2D eigenvalue weighted by atomic mass is 9.84. The highest BCUT2D eigenvalue weighted by Crippen LogP contribution is 2.30. The Hall–Kier alpha value is -1.55. The third kappa shape index (κ3) is 2.82. The summed E-state index contributed by atoms with van der Waals surface area (Å²) >= 11 is 5.87. The van der Waals surface area contributed by atoms with Gasteiger partial charge in [0.25, 0.3) is 0 Å². The molecule has 96 valence electrons. The number of hydrogen-bond donors (Lipinski definition) is 1. The molecule has 0 heterocycles. The molecule has 0 radical (unpaired) electrons. The van der Waals surface area contributed by atoms with E-state index in [1.54, 1.807) is 24.3 Å². The number of anilines is 1. The van der Waals surface area contributed by atoms with E-state index in [0.29, 0.717) is 10.7 Å². The first kappa shape index (κ1) is 12.9. The summed E-state index contributed by atoms with van der Waals surface area (Å²) in [6, 6.07) is 6.71. The van der Waals surface area contributed by atoms with Gasteiger partial charge in [-0.2, -0.15) is 0 Å².